The minimum absolute atomic E-state index is 0.156. The minimum atomic E-state index is 0.156. The summed E-state index contributed by atoms with van der Waals surface area (Å²) in [7, 11) is 0. The fourth-order valence-electron chi connectivity index (χ4n) is 3.31. The molecule has 0 spiro atoms. The Kier molecular flexibility index (Phi) is 6.80. The van der Waals surface area contributed by atoms with Gasteiger partial charge in [-0.2, -0.15) is 0 Å². The van der Waals surface area contributed by atoms with Gasteiger partial charge in [-0.3, -0.25) is 4.79 Å². The van der Waals surface area contributed by atoms with Crippen LogP contribution in [0.2, 0.25) is 0 Å². The first-order valence-electron chi connectivity index (χ1n) is 8.37. The van der Waals surface area contributed by atoms with E-state index in [-0.39, 0.29) is 5.91 Å². The second-order valence-corrected chi connectivity index (χ2v) is 6.37. The third kappa shape index (κ3) is 5.41. The molecule has 20 heavy (non-hydrogen) atoms. The van der Waals surface area contributed by atoms with Crippen molar-refractivity contribution in [3.05, 3.63) is 0 Å². The van der Waals surface area contributed by atoms with Gasteiger partial charge in [0.25, 0.3) is 0 Å². The van der Waals surface area contributed by atoms with Crippen LogP contribution in [0.5, 0.6) is 0 Å². The molecule has 1 amide bonds. The topological polar surface area (TPSA) is 50.4 Å². The number of rotatable bonds is 6. The maximum absolute atomic E-state index is 11.9. The molecule has 2 N–H and O–H groups in total. The molecule has 0 aromatic carbocycles. The summed E-state index contributed by atoms with van der Waals surface area (Å²) in [5.74, 6) is 0.761. The molecule has 2 rings (SSSR count). The van der Waals surface area contributed by atoms with Crippen LogP contribution in [0.25, 0.3) is 0 Å². The van der Waals surface area contributed by atoms with E-state index in [1.165, 1.54) is 44.9 Å². The third-order valence-corrected chi connectivity index (χ3v) is 4.66. The lowest BCUT2D eigenvalue weighted by Gasteiger charge is -2.29. The van der Waals surface area contributed by atoms with Gasteiger partial charge in [0.2, 0.25) is 5.91 Å². The van der Waals surface area contributed by atoms with Crippen LogP contribution in [-0.2, 0) is 9.53 Å². The van der Waals surface area contributed by atoms with Crippen LogP contribution in [0.1, 0.15) is 58.3 Å². The third-order valence-electron chi connectivity index (χ3n) is 4.66. The molecule has 0 aromatic heterocycles. The van der Waals surface area contributed by atoms with Crippen LogP contribution in [0.4, 0.5) is 0 Å². The highest BCUT2D eigenvalue weighted by Gasteiger charge is 2.23. The van der Waals surface area contributed by atoms with Gasteiger partial charge in [0.1, 0.15) is 0 Å². The van der Waals surface area contributed by atoms with E-state index in [0.29, 0.717) is 37.6 Å². The van der Waals surface area contributed by atoms with Crippen molar-refractivity contribution in [2.24, 2.45) is 5.92 Å². The summed E-state index contributed by atoms with van der Waals surface area (Å²) in [6.45, 7) is 4.59. The number of hydrogen-bond acceptors (Lipinski definition) is 3. The van der Waals surface area contributed by atoms with E-state index in [0.717, 1.165) is 6.54 Å². The van der Waals surface area contributed by atoms with Crippen molar-refractivity contribution in [3.63, 3.8) is 0 Å². The van der Waals surface area contributed by atoms with Crippen molar-refractivity contribution in [1.82, 2.24) is 10.6 Å². The summed E-state index contributed by atoms with van der Waals surface area (Å²) in [6, 6.07) is 0.350. The molecule has 2 fully saturated rings. The lowest BCUT2D eigenvalue weighted by Crippen LogP contribution is -2.44. The Morgan fingerprint density at radius 2 is 2.00 bits per heavy atom. The number of piperidine rings is 1. The molecule has 1 heterocycles. The summed E-state index contributed by atoms with van der Waals surface area (Å²) in [6.07, 6.45) is 9.82. The number of nitrogens with one attached hydrogen (secondary N) is 2. The maximum atomic E-state index is 11.9. The predicted molar refractivity (Wildman–Crippen MR) is 80.6 cm³/mol. The van der Waals surface area contributed by atoms with Gasteiger partial charge in [-0.1, -0.05) is 26.2 Å². The second kappa shape index (κ2) is 8.63. The Labute approximate surface area is 123 Å². The van der Waals surface area contributed by atoms with Gasteiger partial charge in [-0.25, -0.2) is 0 Å². The molecule has 2 aliphatic rings. The summed E-state index contributed by atoms with van der Waals surface area (Å²) >= 11 is 0. The average Bonchev–Trinajstić information content (AvgIpc) is 2.47. The maximum Gasteiger partial charge on any atom is 0.221 e. The predicted octanol–water partition coefficient (Wildman–Crippen LogP) is 2.23. The number of hydrogen-bond donors (Lipinski definition) is 2. The van der Waals surface area contributed by atoms with Crippen LogP contribution >= 0.6 is 0 Å². The van der Waals surface area contributed by atoms with Crippen molar-refractivity contribution >= 4 is 5.91 Å². The molecule has 0 radical (unpaired) electrons. The normalized spacial score (nSPS) is 28.2. The molecule has 1 saturated carbocycles. The Morgan fingerprint density at radius 3 is 2.75 bits per heavy atom. The molecule has 4 heteroatoms. The van der Waals surface area contributed by atoms with Crippen LogP contribution in [0, 0.1) is 5.92 Å². The molecule has 1 aliphatic heterocycles. The van der Waals surface area contributed by atoms with Crippen molar-refractivity contribution in [2.75, 3.05) is 19.7 Å². The average molecular weight is 282 g/mol. The zero-order valence-electron chi connectivity index (χ0n) is 12.8. The molecule has 0 bridgehead atoms. The van der Waals surface area contributed by atoms with E-state index in [9.17, 15) is 4.79 Å². The SMILES string of the molecule is CC1CCCNC1CC(=O)NCCOC1CCCCC1. The molecule has 116 valence electrons. The summed E-state index contributed by atoms with van der Waals surface area (Å²) in [4.78, 5) is 11.9. The number of ether oxygens (including phenoxy) is 1. The molecular weight excluding hydrogens is 252 g/mol. The lowest BCUT2D eigenvalue weighted by molar-refractivity contribution is -0.122. The fourth-order valence-corrected chi connectivity index (χ4v) is 3.31. The number of amides is 1. The van der Waals surface area contributed by atoms with Crippen LogP contribution in [0.15, 0.2) is 0 Å². The molecule has 4 nitrogen and oxygen atoms in total. The van der Waals surface area contributed by atoms with Gasteiger partial charge in [0, 0.05) is 19.0 Å². The highest BCUT2D eigenvalue weighted by Crippen LogP contribution is 2.20. The summed E-state index contributed by atoms with van der Waals surface area (Å²) < 4.78 is 5.81. The Bertz CT molecular complexity index is 290. The quantitative estimate of drug-likeness (QED) is 0.735. The molecule has 2 atom stereocenters. The van der Waals surface area contributed by atoms with E-state index in [1.807, 2.05) is 0 Å². The number of carbonyl (C=O) groups is 1. The Hall–Kier alpha value is -0.610. The van der Waals surface area contributed by atoms with Crippen molar-refractivity contribution in [2.45, 2.75) is 70.4 Å². The van der Waals surface area contributed by atoms with Crippen LogP contribution in [-0.4, -0.2) is 37.7 Å². The fraction of sp³-hybridized carbons (Fsp3) is 0.938. The van der Waals surface area contributed by atoms with Gasteiger partial charge >= 0.3 is 0 Å². The van der Waals surface area contributed by atoms with Crippen molar-refractivity contribution < 1.29 is 9.53 Å². The smallest absolute Gasteiger partial charge is 0.221 e. The monoisotopic (exact) mass is 282 g/mol. The Morgan fingerprint density at radius 1 is 1.20 bits per heavy atom. The van der Waals surface area contributed by atoms with E-state index in [2.05, 4.69) is 17.6 Å². The molecule has 1 saturated heterocycles. The van der Waals surface area contributed by atoms with E-state index < -0.39 is 0 Å². The van der Waals surface area contributed by atoms with Gasteiger partial charge in [0.15, 0.2) is 0 Å². The second-order valence-electron chi connectivity index (χ2n) is 6.37. The Balaban J connectivity index is 1.53. The van der Waals surface area contributed by atoms with Gasteiger partial charge < -0.3 is 15.4 Å². The zero-order valence-corrected chi connectivity index (χ0v) is 12.8. The number of carbonyl (C=O) groups excluding carboxylic acids is 1. The largest absolute Gasteiger partial charge is 0.376 e. The van der Waals surface area contributed by atoms with Crippen molar-refractivity contribution in [1.29, 1.82) is 0 Å². The van der Waals surface area contributed by atoms with Gasteiger partial charge in [-0.15, -0.1) is 0 Å². The van der Waals surface area contributed by atoms with Crippen molar-refractivity contribution in [3.8, 4) is 0 Å². The minimum Gasteiger partial charge on any atom is -0.376 e. The highest BCUT2D eigenvalue weighted by atomic mass is 16.5. The zero-order chi connectivity index (χ0) is 14.2. The lowest BCUT2D eigenvalue weighted by atomic mass is 9.90. The van der Waals surface area contributed by atoms with Crippen LogP contribution in [0.3, 0.4) is 0 Å². The molecule has 1 aliphatic carbocycles. The molecule has 2 unspecified atom stereocenters. The summed E-state index contributed by atoms with van der Waals surface area (Å²) in [5, 5.41) is 6.44. The van der Waals surface area contributed by atoms with E-state index in [4.69, 9.17) is 4.74 Å². The van der Waals surface area contributed by atoms with Crippen LogP contribution < -0.4 is 10.6 Å². The first kappa shape index (κ1) is 15.8. The first-order chi connectivity index (χ1) is 9.75. The van der Waals surface area contributed by atoms with E-state index >= 15 is 0 Å². The molecule has 0 aromatic rings. The first-order valence-corrected chi connectivity index (χ1v) is 8.37. The highest BCUT2D eigenvalue weighted by molar-refractivity contribution is 5.76. The van der Waals surface area contributed by atoms with E-state index in [1.54, 1.807) is 0 Å². The van der Waals surface area contributed by atoms with Gasteiger partial charge in [0.05, 0.1) is 12.7 Å². The standard InChI is InChI=1S/C16H30N2O2/c1-13-6-5-9-17-15(13)12-16(19)18-10-11-20-14-7-3-2-4-8-14/h13-15,17H,2-12H2,1H3,(H,18,19). The van der Waals surface area contributed by atoms with Gasteiger partial charge in [-0.05, 0) is 38.1 Å². The summed E-state index contributed by atoms with van der Waals surface area (Å²) in [5.41, 5.74) is 0. The molecular formula is C16H30N2O2.